The summed E-state index contributed by atoms with van der Waals surface area (Å²) in [5.41, 5.74) is 3.76. The van der Waals surface area contributed by atoms with Gasteiger partial charge in [0.25, 0.3) is 0 Å². The average Bonchev–Trinajstić information content (AvgIpc) is 2.34. The minimum absolute atomic E-state index is 0. The van der Waals surface area contributed by atoms with E-state index < -0.39 is 0 Å². The highest BCUT2D eigenvalue weighted by Gasteiger charge is 2.08. The molecule has 1 heterocycles. The summed E-state index contributed by atoms with van der Waals surface area (Å²) in [6.07, 6.45) is 2.19. The van der Waals surface area contributed by atoms with Crippen LogP contribution in [0.5, 0.6) is 0 Å². The topological polar surface area (TPSA) is 12.0 Å². The Morgan fingerprint density at radius 3 is 2.33 bits per heavy atom. The zero-order valence-corrected chi connectivity index (χ0v) is 10.4. The van der Waals surface area contributed by atoms with E-state index in [1.54, 1.807) is 0 Å². The molecule has 0 atom stereocenters. The maximum atomic E-state index is 3.90. The van der Waals surface area contributed by atoms with Crippen LogP contribution < -0.4 is 5.32 Å². The average molecular weight is 207 g/mol. The fourth-order valence-electron chi connectivity index (χ4n) is 1.40. The van der Waals surface area contributed by atoms with Gasteiger partial charge in [-0.3, -0.25) is 0 Å². The van der Waals surface area contributed by atoms with Crippen LogP contribution in [0.3, 0.4) is 0 Å². The molecule has 0 unspecified atom stereocenters. The number of hydrogen-bond donors (Lipinski definition) is 1. The summed E-state index contributed by atoms with van der Waals surface area (Å²) in [6.45, 7) is 11.9. The molecule has 2 rings (SSSR count). The monoisotopic (exact) mass is 207 g/mol. The number of fused-ring (bicyclic) bond motifs is 1. The van der Waals surface area contributed by atoms with Gasteiger partial charge in [0.05, 0.1) is 0 Å². The van der Waals surface area contributed by atoms with E-state index >= 15 is 0 Å². The predicted octanol–water partition coefficient (Wildman–Crippen LogP) is 4.86. The summed E-state index contributed by atoms with van der Waals surface area (Å²) in [7, 11) is 0. The van der Waals surface area contributed by atoms with Crippen molar-refractivity contribution in [2.24, 2.45) is 0 Å². The van der Waals surface area contributed by atoms with Crippen LogP contribution in [-0.2, 0) is 6.42 Å². The summed E-state index contributed by atoms with van der Waals surface area (Å²) >= 11 is 0. The van der Waals surface area contributed by atoms with Crippen molar-refractivity contribution in [3.8, 4) is 0 Å². The molecule has 1 heteroatoms. The minimum atomic E-state index is 0. The smallest absolute Gasteiger partial charge is 0.0414 e. The summed E-state index contributed by atoms with van der Waals surface area (Å²) in [5, 5.41) is 3.27. The van der Waals surface area contributed by atoms with Gasteiger partial charge < -0.3 is 5.32 Å². The molecule has 1 aliphatic heterocycles. The molecule has 0 radical (unpaired) electrons. The van der Waals surface area contributed by atoms with E-state index in [0.29, 0.717) is 0 Å². The highest BCUT2D eigenvalue weighted by molar-refractivity contribution is 5.57. The van der Waals surface area contributed by atoms with E-state index in [4.69, 9.17) is 0 Å². The molecule has 0 saturated carbocycles. The first-order valence-electron chi connectivity index (χ1n) is 5.89. The Kier molecular flexibility index (Phi) is 7.43. The lowest BCUT2D eigenvalue weighted by Gasteiger charge is -2.19. The third-order valence-electron chi connectivity index (χ3n) is 2.02. The fourth-order valence-corrected chi connectivity index (χ4v) is 1.40. The van der Waals surface area contributed by atoms with Crippen LogP contribution in [0.1, 0.15) is 41.1 Å². The zero-order valence-electron chi connectivity index (χ0n) is 10.4. The van der Waals surface area contributed by atoms with Gasteiger partial charge in [0, 0.05) is 12.8 Å². The highest BCUT2D eigenvalue weighted by atomic mass is 14.9. The number of aryl methyl sites for hydroxylation is 1. The maximum absolute atomic E-state index is 3.90. The summed E-state index contributed by atoms with van der Waals surface area (Å²) < 4.78 is 0. The SMILES string of the molecule is C=C1CCc2ccccc2N1.CC.CC.[HH]. The number of allylic oxidation sites excluding steroid dienone is 1. The number of nitrogens with one attached hydrogen (secondary N) is 1. The summed E-state index contributed by atoms with van der Waals surface area (Å²) in [4.78, 5) is 0. The predicted molar refractivity (Wildman–Crippen MR) is 72.3 cm³/mol. The molecule has 0 spiro atoms. The van der Waals surface area contributed by atoms with Crippen molar-refractivity contribution < 1.29 is 1.43 Å². The first-order valence-corrected chi connectivity index (χ1v) is 5.89. The second kappa shape index (κ2) is 8.10. The minimum Gasteiger partial charge on any atom is -0.359 e. The van der Waals surface area contributed by atoms with Crippen LogP contribution in [0.15, 0.2) is 36.5 Å². The van der Waals surface area contributed by atoms with Crippen LogP contribution in [0.25, 0.3) is 0 Å². The number of rotatable bonds is 0. The number of benzene rings is 1. The van der Waals surface area contributed by atoms with Crippen LogP contribution in [0, 0.1) is 0 Å². The Hall–Kier alpha value is -1.24. The van der Waals surface area contributed by atoms with Crippen LogP contribution in [-0.4, -0.2) is 0 Å². The Morgan fingerprint density at radius 2 is 1.67 bits per heavy atom. The molecule has 1 N–H and O–H groups in total. The number of hydrogen-bond acceptors (Lipinski definition) is 1. The van der Waals surface area contributed by atoms with E-state index in [9.17, 15) is 0 Å². The van der Waals surface area contributed by atoms with Crippen molar-refractivity contribution in [1.82, 2.24) is 0 Å². The summed E-state index contributed by atoms with van der Waals surface area (Å²) in [5.74, 6) is 0. The van der Waals surface area contributed by atoms with Crippen molar-refractivity contribution in [2.75, 3.05) is 5.32 Å². The second-order valence-corrected chi connectivity index (χ2v) is 2.89. The Morgan fingerprint density at radius 1 is 1.07 bits per heavy atom. The van der Waals surface area contributed by atoms with E-state index in [-0.39, 0.29) is 1.43 Å². The lowest BCUT2D eigenvalue weighted by molar-refractivity contribution is 0.919. The molecule has 1 aromatic carbocycles. The lowest BCUT2D eigenvalue weighted by Crippen LogP contribution is -2.08. The molecule has 15 heavy (non-hydrogen) atoms. The Bertz CT molecular complexity index is 295. The quantitative estimate of drug-likeness (QED) is 0.641. The van der Waals surface area contributed by atoms with Gasteiger partial charge in [-0.2, -0.15) is 0 Å². The fraction of sp³-hybridized carbons (Fsp3) is 0.429. The first-order chi connectivity index (χ1) is 7.36. The standard InChI is InChI=1S/C10H11N.2C2H6.H2/c1-8-6-7-9-4-2-3-5-10(9)11-8;2*1-2;/h2-5,11H,1,6-7H2;2*1-2H3;1H. The molecule has 1 aliphatic rings. The molecular formula is C14H25N. The van der Waals surface area contributed by atoms with E-state index in [0.717, 1.165) is 18.5 Å². The maximum Gasteiger partial charge on any atom is 0.0414 e. The van der Waals surface area contributed by atoms with E-state index in [2.05, 4.69) is 30.1 Å². The van der Waals surface area contributed by atoms with Gasteiger partial charge in [0.1, 0.15) is 0 Å². The van der Waals surface area contributed by atoms with Crippen molar-refractivity contribution in [3.05, 3.63) is 42.1 Å². The second-order valence-electron chi connectivity index (χ2n) is 2.89. The van der Waals surface area contributed by atoms with E-state index in [1.165, 1.54) is 11.3 Å². The molecule has 0 aliphatic carbocycles. The molecule has 1 nitrogen and oxygen atoms in total. The zero-order chi connectivity index (χ0) is 11.7. The van der Waals surface area contributed by atoms with Crippen molar-refractivity contribution in [2.45, 2.75) is 40.5 Å². The van der Waals surface area contributed by atoms with Crippen LogP contribution >= 0.6 is 0 Å². The number of anilines is 1. The van der Waals surface area contributed by atoms with Crippen molar-refractivity contribution in [1.29, 1.82) is 0 Å². The van der Waals surface area contributed by atoms with E-state index in [1.807, 2.05) is 33.8 Å². The summed E-state index contributed by atoms with van der Waals surface area (Å²) in [6, 6.07) is 8.38. The molecular weight excluding hydrogens is 182 g/mol. The van der Waals surface area contributed by atoms with Gasteiger partial charge >= 0.3 is 0 Å². The molecule has 0 amide bonds. The van der Waals surface area contributed by atoms with Crippen molar-refractivity contribution >= 4 is 5.69 Å². The molecule has 0 aromatic heterocycles. The third-order valence-corrected chi connectivity index (χ3v) is 2.02. The highest BCUT2D eigenvalue weighted by Crippen LogP contribution is 2.24. The van der Waals surface area contributed by atoms with Gasteiger partial charge in [0.15, 0.2) is 0 Å². The number of para-hydroxylation sites is 1. The van der Waals surface area contributed by atoms with Crippen LogP contribution in [0.4, 0.5) is 5.69 Å². The van der Waals surface area contributed by atoms with Gasteiger partial charge in [-0.1, -0.05) is 52.5 Å². The van der Waals surface area contributed by atoms with Crippen LogP contribution in [0.2, 0.25) is 0 Å². The first kappa shape index (κ1) is 13.8. The van der Waals surface area contributed by atoms with Gasteiger partial charge in [-0.15, -0.1) is 0 Å². The molecule has 1 aromatic rings. The van der Waals surface area contributed by atoms with Gasteiger partial charge in [-0.25, -0.2) is 0 Å². The van der Waals surface area contributed by atoms with Crippen molar-refractivity contribution in [3.63, 3.8) is 0 Å². The largest absolute Gasteiger partial charge is 0.359 e. The Labute approximate surface area is 95.7 Å². The Balaban J connectivity index is 0. The molecule has 0 saturated heterocycles. The molecule has 0 bridgehead atoms. The normalized spacial score (nSPS) is 12.1. The third kappa shape index (κ3) is 4.20. The molecule has 86 valence electrons. The molecule has 0 fully saturated rings. The van der Waals surface area contributed by atoms with Gasteiger partial charge in [-0.05, 0) is 24.5 Å². The lowest BCUT2D eigenvalue weighted by atomic mass is 10.0. The van der Waals surface area contributed by atoms with Gasteiger partial charge in [0.2, 0.25) is 0 Å².